The van der Waals surface area contributed by atoms with Gasteiger partial charge in [0.05, 0.1) is 11.8 Å². The molecule has 1 aromatic carbocycles. The molecule has 3 heteroatoms. The Labute approximate surface area is 145 Å². The molecule has 0 radical (unpaired) electrons. The molecule has 0 aliphatic heterocycles. The van der Waals surface area contributed by atoms with Crippen molar-refractivity contribution >= 4 is 21.9 Å². The zero-order valence-corrected chi connectivity index (χ0v) is 14.0. The third-order valence-electron chi connectivity index (χ3n) is 4.57. The molecule has 0 fully saturated rings. The van der Waals surface area contributed by atoms with E-state index in [0.29, 0.717) is 0 Å². The Morgan fingerprint density at radius 1 is 1.17 bits per heavy atom. The molecule has 0 aliphatic carbocycles. The smallest absolute Gasteiger partial charge is 0.216 e. The van der Waals surface area contributed by atoms with Crippen molar-refractivity contribution in [3.63, 3.8) is 0 Å². The van der Waals surface area contributed by atoms with Crippen LogP contribution < -0.4 is 4.57 Å². The Kier molecular flexibility index (Phi) is 2.68. The fraction of sp³-hybridized carbons (Fsp3) is 0.238. The molecule has 0 saturated heterocycles. The van der Waals surface area contributed by atoms with E-state index in [9.17, 15) is 0 Å². The molecule has 120 valence electrons. The topological polar surface area (TPSA) is 29.9 Å². The predicted octanol–water partition coefficient (Wildman–Crippen LogP) is 4.90. The number of rotatable bonds is 2. The van der Waals surface area contributed by atoms with Gasteiger partial charge in [-0.3, -0.25) is 4.98 Å². The molecule has 0 spiro atoms. The van der Waals surface area contributed by atoms with E-state index in [-0.39, 0.29) is 0 Å². The number of aryl methyl sites for hydroxylation is 2. The zero-order valence-electron chi connectivity index (χ0n) is 17.0. The van der Waals surface area contributed by atoms with Crippen LogP contribution in [0.4, 0.5) is 0 Å². The molecule has 4 rings (SSSR count). The van der Waals surface area contributed by atoms with E-state index in [0.717, 1.165) is 44.3 Å². The highest BCUT2D eigenvalue weighted by molar-refractivity contribution is 6.09. The lowest BCUT2D eigenvalue weighted by Gasteiger charge is -2.08. The van der Waals surface area contributed by atoms with Crippen LogP contribution in [0.1, 0.15) is 34.9 Å². The van der Waals surface area contributed by atoms with E-state index in [1.165, 1.54) is 0 Å². The highest BCUT2D eigenvalue weighted by Crippen LogP contribution is 2.36. The molecule has 1 unspecified atom stereocenters. The fourth-order valence-electron chi connectivity index (χ4n) is 3.26. The summed E-state index contributed by atoms with van der Waals surface area (Å²) in [5.41, 5.74) is 5.47. The molecule has 3 aromatic heterocycles. The summed E-state index contributed by atoms with van der Waals surface area (Å²) in [5, 5.41) is 2.09. The van der Waals surface area contributed by atoms with Gasteiger partial charge in [0, 0.05) is 32.7 Å². The van der Waals surface area contributed by atoms with Gasteiger partial charge < -0.3 is 4.42 Å². The van der Waals surface area contributed by atoms with Gasteiger partial charge in [-0.1, -0.05) is 25.9 Å². The molecule has 4 aromatic rings. The van der Waals surface area contributed by atoms with Gasteiger partial charge in [0.2, 0.25) is 5.69 Å². The maximum Gasteiger partial charge on any atom is 0.216 e. The minimum atomic E-state index is -2.02. The van der Waals surface area contributed by atoms with E-state index < -0.39 is 12.8 Å². The van der Waals surface area contributed by atoms with Crippen molar-refractivity contribution in [2.45, 2.75) is 26.6 Å². The summed E-state index contributed by atoms with van der Waals surface area (Å²) in [6, 6.07) is 10.00. The summed E-state index contributed by atoms with van der Waals surface area (Å²) in [4.78, 5) is 4.15. The van der Waals surface area contributed by atoms with Gasteiger partial charge >= 0.3 is 0 Å². The Morgan fingerprint density at radius 3 is 2.83 bits per heavy atom. The zero-order chi connectivity index (χ0) is 19.3. The molecule has 0 saturated carbocycles. The van der Waals surface area contributed by atoms with Crippen molar-refractivity contribution in [1.82, 2.24) is 4.98 Å². The van der Waals surface area contributed by atoms with E-state index in [2.05, 4.69) is 24.0 Å². The monoisotopic (exact) mass is 320 g/mol. The van der Waals surface area contributed by atoms with Gasteiger partial charge in [0.25, 0.3) is 0 Å². The van der Waals surface area contributed by atoms with Gasteiger partial charge in [-0.25, -0.2) is 4.57 Å². The number of nitrogens with zero attached hydrogens (tertiary/aromatic N) is 2. The van der Waals surface area contributed by atoms with Crippen LogP contribution in [0.5, 0.6) is 0 Å². The lowest BCUT2D eigenvalue weighted by Crippen LogP contribution is -2.31. The quantitative estimate of drug-likeness (QED) is 0.491. The van der Waals surface area contributed by atoms with Crippen LogP contribution in [0.25, 0.3) is 33.2 Å². The molecule has 0 N–H and O–H groups in total. The van der Waals surface area contributed by atoms with Crippen LogP contribution in [0.3, 0.4) is 0 Å². The molecule has 0 bridgehead atoms. The fourth-order valence-corrected chi connectivity index (χ4v) is 3.26. The third-order valence-corrected chi connectivity index (χ3v) is 4.57. The first kappa shape index (κ1) is 11.8. The van der Waals surface area contributed by atoms with Crippen LogP contribution in [0, 0.1) is 6.92 Å². The van der Waals surface area contributed by atoms with Crippen molar-refractivity contribution in [3.05, 3.63) is 60.0 Å². The number of benzene rings is 1. The lowest BCUT2D eigenvalue weighted by atomic mass is 9.99. The van der Waals surface area contributed by atoms with Crippen molar-refractivity contribution in [3.8, 4) is 11.3 Å². The first-order chi connectivity index (χ1) is 12.8. The van der Waals surface area contributed by atoms with Crippen molar-refractivity contribution in [1.29, 1.82) is 0 Å². The number of pyridine rings is 2. The number of fused-ring (bicyclic) bond motifs is 3. The normalized spacial score (nSPS) is 15.2. The van der Waals surface area contributed by atoms with Gasteiger partial charge in [0.1, 0.15) is 12.6 Å². The van der Waals surface area contributed by atoms with Crippen LogP contribution >= 0.6 is 0 Å². The molecular weight excluding hydrogens is 296 g/mol. The van der Waals surface area contributed by atoms with E-state index >= 15 is 0 Å². The van der Waals surface area contributed by atoms with Crippen LogP contribution in [-0.4, -0.2) is 4.98 Å². The van der Waals surface area contributed by atoms with Crippen LogP contribution in [0.15, 0.2) is 53.3 Å². The molecule has 0 amide bonds. The molecule has 3 nitrogen and oxygen atoms in total. The molecule has 24 heavy (non-hydrogen) atoms. The minimum absolute atomic E-state index is 0.521. The van der Waals surface area contributed by atoms with Crippen molar-refractivity contribution in [2.24, 2.45) is 7.05 Å². The Morgan fingerprint density at radius 2 is 2.04 bits per heavy atom. The number of aromatic nitrogens is 2. The summed E-state index contributed by atoms with van der Waals surface area (Å²) < 4.78 is 31.1. The molecule has 3 heterocycles. The minimum Gasteiger partial charge on any atom is -0.454 e. The number of hydrogen-bond acceptors (Lipinski definition) is 2. The maximum atomic E-state index is 7.67. The standard InChI is InChI=1S/C21H21N2O/c1-13(2)15-6-8-18(23(4)12-15)20-14(3)5-7-17-16-9-10-22-11-19(16)24-21(17)20/h5-13H,1-4H3/q+1/i1D3. The van der Waals surface area contributed by atoms with Crippen molar-refractivity contribution < 1.29 is 13.1 Å². The Bertz CT molecular complexity index is 1160. The predicted molar refractivity (Wildman–Crippen MR) is 97.0 cm³/mol. The number of hydrogen-bond donors (Lipinski definition) is 0. The second kappa shape index (κ2) is 5.45. The highest BCUT2D eigenvalue weighted by Gasteiger charge is 2.21. The summed E-state index contributed by atoms with van der Waals surface area (Å²) >= 11 is 0. The molecular formula is C21H21N2O+. The van der Waals surface area contributed by atoms with E-state index in [1.807, 2.05) is 36.0 Å². The van der Waals surface area contributed by atoms with Gasteiger partial charge in [-0.2, -0.15) is 0 Å². The first-order valence-electron chi connectivity index (χ1n) is 9.53. The van der Waals surface area contributed by atoms with Gasteiger partial charge in [-0.15, -0.1) is 0 Å². The van der Waals surface area contributed by atoms with Crippen molar-refractivity contribution in [2.75, 3.05) is 0 Å². The molecule has 0 aliphatic rings. The van der Waals surface area contributed by atoms with Crippen LogP contribution in [-0.2, 0) is 7.05 Å². The highest BCUT2D eigenvalue weighted by atomic mass is 16.3. The summed E-state index contributed by atoms with van der Waals surface area (Å²) in [7, 11) is 1.94. The average molecular weight is 320 g/mol. The van der Waals surface area contributed by atoms with E-state index in [1.54, 1.807) is 19.3 Å². The van der Waals surface area contributed by atoms with Crippen LogP contribution in [0.2, 0.25) is 0 Å². The SMILES string of the molecule is [2H]C([2H])([2H])C(C)c1ccc(-c2c(C)ccc3c2oc2cnccc23)[n+](C)c1. The summed E-state index contributed by atoms with van der Waals surface area (Å²) in [5.74, 6) is -0.521. The Hall–Kier alpha value is -2.68. The molecule has 1 atom stereocenters. The largest absolute Gasteiger partial charge is 0.454 e. The second-order valence-electron chi connectivity index (χ2n) is 6.29. The second-order valence-corrected chi connectivity index (χ2v) is 6.29. The van der Waals surface area contributed by atoms with Gasteiger partial charge in [-0.05, 0) is 30.5 Å². The average Bonchev–Trinajstić information content (AvgIpc) is 2.99. The maximum absolute atomic E-state index is 7.67. The lowest BCUT2D eigenvalue weighted by molar-refractivity contribution is -0.660. The van der Waals surface area contributed by atoms with E-state index in [4.69, 9.17) is 8.53 Å². The third kappa shape index (κ3) is 2.20. The van der Waals surface area contributed by atoms with Gasteiger partial charge in [0.15, 0.2) is 11.8 Å². The first-order valence-corrected chi connectivity index (χ1v) is 8.03. The number of furan rings is 1. The Balaban J connectivity index is 1.93. The summed E-state index contributed by atoms with van der Waals surface area (Å²) in [6.07, 6.45) is 5.40. The summed E-state index contributed by atoms with van der Waals surface area (Å²) in [6.45, 7) is 1.77.